The van der Waals surface area contributed by atoms with E-state index < -0.39 is 5.97 Å². The molecule has 2 N–H and O–H groups in total. The van der Waals surface area contributed by atoms with Gasteiger partial charge in [-0.25, -0.2) is 0 Å². The molecule has 0 atom stereocenters. The molecule has 5 nitrogen and oxygen atoms in total. The number of nitrogens with one attached hydrogen (secondary N) is 1. The molecule has 72 valence electrons. The van der Waals surface area contributed by atoms with Crippen molar-refractivity contribution in [3.63, 3.8) is 0 Å². The Balaban J connectivity index is 2.66. The van der Waals surface area contributed by atoms with Crippen molar-refractivity contribution in [1.29, 1.82) is 0 Å². The van der Waals surface area contributed by atoms with Crippen molar-refractivity contribution in [2.75, 3.05) is 0 Å². The van der Waals surface area contributed by atoms with E-state index in [1.165, 1.54) is 18.5 Å². The van der Waals surface area contributed by atoms with E-state index >= 15 is 0 Å². The quantitative estimate of drug-likeness (QED) is 0.737. The van der Waals surface area contributed by atoms with Gasteiger partial charge < -0.3 is 14.5 Å². The van der Waals surface area contributed by atoms with Crippen LogP contribution in [-0.2, 0) is 11.2 Å². The summed E-state index contributed by atoms with van der Waals surface area (Å²) < 4.78 is 5.05. The van der Waals surface area contributed by atoms with Crippen molar-refractivity contribution in [2.45, 2.75) is 6.42 Å². The van der Waals surface area contributed by atoms with Crippen molar-refractivity contribution in [2.24, 2.45) is 0 Å². The van der Waals surface area contributed by atoms with Crippen LogP contribution in [0.15, 0.2) is 27.7 Å². The fourth-order valence-corrected chi connectivity index (χ4v) is 1.33. The lowest BCUT2D eigenvalue weighted by Crippen LogP contribution is -2.08. The molecule has 0 aliphatic carbocycles. The minimum Gasteiger partial charge on any atom is -0.481 e. The highest BCUT2D eigenvalue weighted by Crippen LogP contribution is 2.15. The van der Waals surface area contributed by atoms with E-state index in [9.17, 15) is 9.59 Å². The molecule has 0 spiro atoms. The number of hydrogen-bond donors (Lipinski definition) is 2. The van der Waals surface area contributed by atoms with Gasteiger partial charge in [-0.1, -0.05) is 0 Å². The predicted octanol–water partition coefficient (Wildman–Crippen LogP) is 0.748. The number of hydrogen-bond acceptors (Lipinski definition) is 3. The van der Waals surface area contributed by atoms with E-state index in [4.69, 9.17) is 9.52 Å². The van der Waals surface area contributed by atoms with Gasteiger partial charge in [-0.3, -0.25) is 9.59 Å². The smallest absolute Gasteiger partial charge is 0.308 e. The standard InChI is InChI=1S/C9H7NO4/c11-7(12)3-5-4-10-9(13)6-1-2-14-8(5)6/h1-2,4H,3H2,(H,10,13)(H,11,12). The third kappa shape index (κ3) is 1.28. The molecule has 2 rings (SSSR count). The Morgan fingerprint density at radius 1 is 1.57 bits per heavy atom. The first-order valence-corrected chi connectivity index (χ1v) is 3.98. The third-order valence-electron chi connectivity index (χ3n) is 1.92. The van der Waals surface area contributed by atoms with Crippen molar-refractivity contribution in [3.8, 4) is 0 Å². The molecule has 2 aromatic heterocycles. The topological polar surface area (TPSA) is 83.3 Å². The van der Waals surface area contributed by atoms with Crippen LogP contribution in [0.3, 0.4) is 0 Å². The lowest BCUT2D eigenvalue weighted by Gasteiger charge is -1.96. The maximum absolute atomic E-state index is 11.2. The van der Waals surface area contributed by atoms with E-state index in [2.05, 4.69) is 4.98 Å². The van der Waals surface area contributed by atoms with Crippen LogP contribution in [0, 0.1) is 0 Å². The highest BCUT2D eigenvalue weighted by Gasteiger charge is 2.10. The maximum Gasteiger partial charge on any atom is 0.308 e. The Bertz CT molecular complexity index is 537. The fraction of sp³-hybridized carbons (Fsp3) is 0.111. The number of aliphatic carboxylic acids is 1. The minimum absolute atomic E-state index is 0.166. The highest BCUT2D eigenvalue weighted by molar-refractivity contribution is 5.83. The zero-order chi connectivity index (χ0) is 10.1. The number of rotatable bonds is 2. The number of fused-ring (bicyclic) bond motifs is 1. The largest absolute Gasteiger partial charge is 0.481 e. The summed E-state index contributed by atoms with van der Waals surface area (Å²) in [7, 11) is 0. The molecule has 0 aliphatic rings. The van der Waals surface area contributed by atoms with E-state index in [1.54, 1.807) is 0 Å². The molecule has 14 heavy (non-hydrogen) atoms. The fourth-order valence-electron chi connectivity index (χ4n) is 1.33. The lowest BCUT2D eigenvalue weighted by molar-refractivity contribution is -0.136. The zero-order valence-corrected chi connectivity index (χ0v) is 7.11. The Labute approximate surface area is 78.0 Å². The number of pyridine rings is 1. The van der Waals surface area contributed by atoms with Gasteiger partial charge >= 0.3 is 5.97 Å². The monoisotopic (exact) mass is 193 g/mol. The molecule has 0 radical (unpaired) electrons. The molecule has 0 saturated carbocycles. The summed E-state index contributed by atoms with van der Waals surface area (Å²) in [6.07, 6.45) is 2.56. The number of aromatic amines is 1. The van der Waals surface area contributed by atoms with Gasteiger partial charge in [-0.15, -0.1) is 0 Å². The second-order valence-electron chi connectivity index (χ2n) is 2.88. The van der Waals surface area contributed by atoms with Crippen molar-refractivity contribution >= 4 is 16.9 Å². The van der Waals surface area contributed by atoms with Gasteiger partial charge in [0.25, 0.3) is 5.56 Å². The molecule has 0 unspecified atom stereocenters. The molecule has 2 aromatic rings. The summed E-state index contributed by atoms with van der Waals surface area (Å²) in [4.78, 5) is 24.2. The molecule has 5 heteroatoms. The van der Waals surface area contributed by atoms with E-state index in [0.717, 1.165) is 0 Å². The zero-order valence-electron chi connectivity index (χ0n) is 7.11. The van der Waals surface area contributed by atoms with Crippen LogP contribution in [0.2, 0.25) is 0 Å². The summed E-state index contributed by atoms with van der Waals surface area (Å²) in [5.74, 6) is -0.963. The van der Waals surface area contributed by atoms with Crippen molar-refractivity contribution in [1.82, 2.24) is 4.98 Å². The molecule has 0 aliphatic heterocycles. The Hall–Kier alpha value is -2.04. The first kappa shape index (κ1) is 8.55. The summed E-state index contributed by atoms with van der Waals surface area (Å²) in [5, 5.41) is 8.98. The second kappa shape index (κ2) is 3.02. The Kier molecular flexibility index (Phi) is 1.85. The first-order valence-electron chi connectivity index (χ1n) is 3.98. The van der Waals surface area contributed by atoms with Crippen LogP contribution in [0.4, 0.5) is 0 Å². The third-order valence-corrected chi connectivity index (χ3v) is 1.92. The molecule has 0 aromatic carbocycles. The van der Waals surface area contributed by atoms with E-state index in [0.29, 0.717) is 16.5 Å². The summed E-state index contributed by atoms with van der Waals surface area (Å²) in [5.41, 5.74) is 0.538. The van der Waals surface area contributed by atoms with Crippen LogP contribution in [0.5, 0.6) is 0 Å². The van der Waals surface area contributed by atoms with Gasteiger partial charge in [0.1, 0.15) is 5.58 Å². The second-order valence-corrected chi connectivity index (χ2v) is 2.88. The summed E-state index contributed by atoms with van der Waals surface area (Å²) in [6.45, 7) is 0. The summed E-state index contributed by atoms with van der Waals surface area (Å²) >= 11 is 0. The van der Waals surface area contributed by atoms with Gasteiger partial charge in [0.05, 0.1) is 18.1 Å². The summed E-state index contributed by atoms with van der Waals surface area (Å²) in [6, 6.07) is 1.51. The average molecular weight is 193 g/mol. The van der Waals surface area contributed by atoms with Gasteiger partial charge in [-0.2, -0.15) is 0 Å². The maximum atomic E-state index is 11.2. The van der Waals surface area contributed by atoms with Gasteiger partial charge in [0, 0.05) is 11.8 Å². The number of carboxylic acids is 1. The molecule has 0 saturated heterocycles. The predicted molar refractivity (Wildman–Crippen MR) is 48.2 cm³/mol. The molecule has 0 amide bonds. The Morgan fingerprint density at radius 3 is 3.07 bits per heavy atom. The SMILES string of the molecule is O=C(O)Cc1c[nH]c(=O)c2ccoc12. The van der Waals surface area contributed by atoms with E-state index in [-0.39, 0.29) is 12.0 Å². The average Bonchev–Trinajstić information content (AvgIpc) is 2.58. The lowest BCUT2D eigenvalue weighted by atomic mass is 10.2. The van der Waals surface area contributed by atoms with Crippen molar-refractivity contribution < 1.29 is 14.3 Å². The number of carbonyl (C=O) groups is 1. The first-order chi connectivity index (χ1) is 6.68. The van der Waals surface area contributed by atoms with Crippen LogP contribution in [0.25, 0.3) is 11.0 Å². The van der Waals surface area contributed by atoms with Gasteiger partial charge in [0.2, 0.25) is 0 Å². The number of aromatic nitrogens is 1. The van der Waals surface area contributed by atoms with Crippen LogP contribution in [0.1, 0.15) is 5.56 Å². The molecule has 0 bridgehead atoms. The van der Waals surface area contributed by atoms with Crippen LogP contribution in [-0.4, -0.2) is 16.1 Å². The highest BCUT2D eigenvalue weighted by atomic mass is 16.4. The van der Waals surface area contributed by atoms with Crippen LogP contribution >= 0.6 is 0 Å². The van der Waals surface area contributed by atoms with Crippen molar-refractivity contribution in [3.05, 3.63) is 34.4 Å². The minimum atomic E-state index is -0.963. The van der Waals surface area contributed by atoms with Crippen LogP contribution < -0.4 is 5.56 Å². The number of furan rings is 1. The number of carboxylic acid groups (broad SMARTS) is 1. The molecular formula is C9H7NO4. The Morgan fingerprint density at radius 2 is 2.36 bits per heavy atom. The number of H-pyrrole nitrogens is 1. The van der Waals surface area contributed by atoms with Gasteiger partial charge in [0.15, 0.2) is 0 Å². The van der Waals surface area contributed by atoms with E-state index in [1.807, 2.05) is 0 Å². The molecular weight excluding hydrogens is 186 g/mol. The molecule has 0 fully saturated rings. The normalized spacial score (nSPS) is 10.6. The van der Waals surface area contributed by atoms with Gasteiger partial charge in [-0.05, 0) is 6.07 Å². The molecule has 2 heterocycles.